The summed E-state index contributed by atoms with van der Waals surface area (Å²) < 4.78 is 7.15. The lowest BCUT2D eigenvalue weighted by Crippen LogP contribution is -2.08. The van der Waals surface area contributed by atoms with Crippen molar-refractivity contribution in [2.75, 3.05) is 0 Å². The van der Waals surface area contributed by atoms with Crippen LogP contribution in [0.1, 0.15) is 33.6 Å². The van der Waals surface area contributed by atoms with Gasteiger partial charge in [-0.2, -0.15) is 0 Å². The molecular weight excluding hydrogens is 438 g/mol. The summed E-state index contributed by atoms with van der Waals surface area (Å²) >= 11 is 3.53. The van der Waals surface area contributed by atoms with Gasteiger partial charge in [0.05, 0.1) is 0 Å². The average molecular weight is 462 g/mol. The van der Waals surface area contributed by atoms with Crippen LogP contribution in [0.5, 0.6) is 0 Å². The van der Waals surface area contributed by atoms with Gasteiger partial charge >= 0.3 is 0 Å². The third-order valence-electron chi connectivity index (χ3n) is 5.20. The van der Waals surface area contributed by atoms with E-state index in [4.69, 9.17) is 9.25 Å². The van der Waals surface area contributed by atoms with Crippen molar-refractivity contribution >= 4 is 32.6 Å². The first-order valence-corrected chi connectivity index (χ1v) is 10.8. The Morgan fingerprint density at radius 1 is 0.933 bits per heavy atom. The fourth-order valence-electron chi connectivity index (χ4n) is 3.74. The second-order valence-electron chi connectivity index (χ2n) is 7.64. The van der Waals surface area contributed by atoms with E-state index in [9.17, 15) is 0 Å². The molecule has 0 radical (unpaired) electrons. The predicted molar refractivity (Wildman–Crippen MR) is 126 cm³/mol. The molecule has 0 atom stereocenters. The fraction of sp³-hybridized carbons (Fsp3) is 0.192. The number of oxime groups is 1. The Morgan fingerprint density at radius 3 is 2.40 bits per heavy atom. The van der Waals surface area contributed by atoms with Crippen molar-refractivity contribution in [3.8, 4) is 0 Å². The zero-order valence-electron chi connectivity index (χ0n) is 17.4. The smallest absolute Gasteiger partial charge is 0.153 e. The SMILES string of the molecule is Cc1cc(C)c(C/C(=N/OCc2ccccc2)c2cc3cc(Br)ccc3o2)c(C)c1. The molecule has 30 heavy (non-hydrogen) atoms. The summed E-state index contributed by atoms with van der Waals surface area (Å²) in [5, 5.41) is 5.55. The molecule has 0 fully saturated rings. The molecule has 0 aliphatic rings. The van der Waals surface area contributed by atoms with E-state index >= 15 is 0 Å². The van der Waals surface area contributed by atoms with Gasteiger partial charge in [0, 0.05) is 16.3 Å². The molecule has 4 rings (SSSR count). The minimum atomic E-state index is 0.419. The Balaban J connectivity index is 1.69. The van der Waals surface area contributed by atoms with E-state index in [1.165, 1.54) is 22.3 Å². The molecule has 0 bridgehead atoms. The highest BCUT2D eigenvalue weighted by atomic mass is 79.9. The molecule has 0 spiro atoms. The second-order valence-corrected chi connectivity index (χ2v) is 8.56. The van der Waals surface area contributed by atoms with Gasteiger partial charge in [-0.15, -0.1) is 0 Å². The van der Waals surface area contributed by atoms with Crippen molar-refractivity contribution < 1.29 is 9.25 Å². The summed E-state index contributed by atoms with van der Waals surface area (Å²) in [6.07, 6.45) is 0.647. The van der Waals surface area contributed by atoms with Gasteiger partial charge in [-0.05, 0) is 67.3 Å². The minimum Gasteiger partial charge on any atom is -0.455 e. The van der Waals surface area contributed by atoms with Crippen LogP contribution in [0.3, 0.4) is 0 Å². The van der Waals surface area contributed by atoms with Crippen LogP contribution in [0.25, 0.3) is 11.0 Å². The molecule has 0 saturated heterocycles. The number of fused-ring (bicyclic) bond motifs is 1. The zero-order chi connectivity index (χ0) is 21.1. The molecule has 3 nitrogen and oxygen atoms in total. The quantitative estimate of drug-likeness (QED) is 0.223. The van der Waals surface area contributed by atoms with Crippen molar-refractivity contribution in [2.24, 2.45) is 5.16 Å². The van der Waals surface area contributed by atoms with Crippen molar-refractivity contribution in [2.45, 2.75) is 33.8 Å². The van der Waals surface area contributed by atoms with Crippen LogP contribution < -0.4 is 0 Å². The molecule has 4 aromatic rings. The Kier molecular flexibility index (Phi) is 6.05. The van der Waals surface area contributed by atoms with Gasteiger partial charge in [-0.25, -0.2) is 0 Å². The van der Waals surface area contributed by atoms with Gasteiger partial charge in [0.1, 0.15) is 17.9 Å². The second kappa shape index (κ2) is 8.88. The summed E-state index contributed by atoms with van der Waals surface area (Å²) in [5.41, 5.74) is 7.72. The number of hydrogen-bond donors (Lipinski definition) is 0. The molecule has 0 N–H and O–H groups in total. The zero-order valence-corrected chi connectivity index (χ0v) is 19.0. The van der Waals surface area contributed by atoms with E-state index in [0.29, 0.717) is 13.0 Å². The molecule has 1 aromatic heterocycles. The third-order valence-corrected chi connectivity index (χ3v) is 5.69. The van der Waals surface area contributed by atoms with E-state index in [-0.39, 0.29) is 0 Å². The Bertz CT molecular complexity index is 1190. The van der Waals surface area contributed by atoms with E-state index in [1.807, 2.05) is 54.6 Å². The summed E-state index contributed by atoms with van der Waals surface area (Å²) in [6, 6.07) is 22.5. The highest BCUT2D eigenvalue weighted by Crippen LogP contribution is 2.26. The van der Waals surface area contributed by atoms with Crippen LogP contribution in [0.2, 0.25) is 0 Å². The Labute approximate surface area is 185 Å². The van der Waals surface area contributed by atoms with Crippen molar-refractivity contribution in [1.82, 2.24) is 0 Å². The minimum absolute atomic E-state index is 0.419. The van der Waals surface area contributed by atoms with Crippen LogP contribution in [-0.2, 0) is 17.9 Å². The molecule has 152 valence electrons. The Morgan fingerprint density at radius 2 is 1.67 bits per heavy atom. The van der Waals surface area contributed by atoms with Gasteiger partial charge < -0.3 is 9.25 Å². The molecule has 0 unspecified atom stereocenters. The summed E-state index contributed by atoms with van der Waals surface area (Å²) in [4.78, 5) is 5.75. The lowest BCUT2D eigenvalue weighted by Gasteiger charge is -2.12. The van der Waals surface area contributed by atoms with Gasteiger partial charge in [0.25, 0.3) is 0 Å². The van der Waals surface area contributed by atoms with Gasteiger partial charge in [0.2, 0.25) is 0 Å². The summed E-state index contributed by atoms with van der Waals surface area (Å²) in [6.45, 7) is 6.84. The summed E-state index contributed by atoms with van der Waals surface area (Å²) in [5.74, 6) is 0.732. The van der Waals surface area contributed by atoms with Crippen molar-refractivity contribution in [1.29, 1.82) is 0 Å². The number of furan rings is 1. The summed E-state index contributed by atoms with van der Waals surface area (Å²) in [7, 11) is 0. The number of rotatable bonds is 6. The fourth-order valence-corrected chi connectivity index (χ4v) is 4.11. The molecular formula is C26H24BrNO2. The lowest BCUT2D eigenvalue weighted by atomic mass is 9.95. The first kappa shape index (κ1) is 20.4. The lowest BCUT2D eigenvalue weighted by molar-refractivity contribution is 0.130. The predicted octanol–water partition coefficient (Wildman–Crippen LogP) is 7.28. The van der Waals surface area contributed by atoms with E-state index < -0.39 is 0 Å². The average Bonchev–Trinajstić information content (AvgIpc) is 3.13. The van der Waals surface area contributed by atoms with Gasteiger partial charge in [-0.3, -0.25) is 0 Å². The first-order chi connectivity index (χ1) is 14.5. The molecule has 4 heteroatoms. The maximum Gasteiger partial charge on any atom is 0.153 e. The largest absolute Gasteiger partial charge is 0.455 e. The molecule has 0 aliphatic heterocycles. The number of nitrogens with zero attached hydrogens (tertiary/aromatic N) is 1. The van der Waals surface area contributed by atoms with Crippen molar-refractivity contribution in [3.63, 3.8) is 0 Å². The third kappa shape index (κ3) is 4.65. The van der Waals surface area contributed by atoms with E-state index in [1.54, 1.807) is 0 Å². The number of hydrogen-bond acceptors (Lipinski definition) is 3. The molecule has 0 saturated carbocycles. The molecule has 1 heterocycles. The number of halogens is 1. The maximum atomic E-state index is 6.13. The Hall–Kier alpha value is -2.85. The number of benzene rings is 3. The van der Waals surface area contributed by atoms with Crippen LogP contribution in [-0.4, -0.2) is 5.71 Å². The maximum absolute atomic E-state index is 6.13. The normalized spacial score (nSPS) is 11.8. The molecule has 0 amide bonds. The van der Waals surface area contributed by atoms with E-state index in [0.717, 1.165) is 32.5 Å². The molecule has 3 aromatic carbocycles. The van der Waals surface area contributed by atoms with E-state index in [2.05, 4.69) is 54.0 Å². The highest BCUT2D eigenvalue weighted by molar-refractivity contribution is 9.10. The highest BCUT2D eigenvalue weighted by Gasteiger charge is 2.16. The topological polar surface area (TPSA) is 34.7 Å². The van der Waals surface area contributed by atoms with Crippen molar-refractivity contribution in [3.05, 3.63) is 105 Å². The van der Waals surface area contributed by atoms with Gasteiger partial charge in [0.15, 0.2) is 5.76 Å². The number of aryl methyl sites for hydroxylation is 3. The first-order valence-electron chi connectivity index (χ1n) is 9.98. The van der Waals surface area contributed by atoms with Crippen LogP contribution in [0.4, 0.5) is 0 Å². The van der Waals surface area contributed by atoms with Crippen LogP contribution in [0.15, 0.2) is 80.8 Å². The molecule has 0 aliphatic carbocycles. The standard InChI is InChI=1S/C26H24BrNO2/c1-17-11-18(2)23(19(3)12-17)15-24(28-29-16-20-7-5-4-6-8-20)26-14-21-13-22(27)9-10-25(21)30-26/h4-14H,15-16H2,1-3H3/b28-24-. The van der Waals surface area contributed by atoms with Gasteiger partial charge in [-0.1, -0.05) is 69.1 Å². The van der Waals surface area contributed by atoms with Crippen LogP contribution >= 0.6 is 15.9 Å². The monoisotopic (exact) mass is 461 g/mol. The van der Waals surface area contributed by atoms with Crippen LogP contribution in [0, 0.1) is 20.8 Å².